The van der Waals surface area contributed by atoms with Crippen molar-refractivity contribution in [1.29, 1.82) is 0 Å². The Morgan fingerprint density at radius 3 is 2.33 bits per heavy atom. The van der Waals surface area contributed by atoms with E-state index in [4.69, 9.17) is 0 Å². The van der Waals surface area contributed by atoms with Gasteiger partial charge in [0.1, 0.15) is 0 Å². The van der Waals surface area contributed by atoms with E-state index in [2.05, 4.69) is 10.0 Å². The molecule has 0 aliphatic carbocycles. The number of piperidine rings is 1. The number of nitro benzene ring substituents is 1. The van der Waals surface area contributed by atoms with Gasteiger partial charge in [0.05, 0.1) is 22.0 Å². The van der Waals surface area contributed by atoms with Crippen LogP contribution in [0.1, 0.15) is 12.8 Å². The Bertz CT molecular complexity index is 608. The Kier molecular flexibility index (Phi) is 4.57. The molecule has 116 valence electrons. The van der Waals surface area contributed by atoms with Gasteiger partial charge in [0.25, 0.3) is 5.69 Å². The van der Waals surface area contributed by atoms with Gasteiger partial charge in [0.2, 0.25) is 10.0 Å². The third-order valence-electron chi connectivity index (χ3n) is 3.57. The molecule has 0 atom stereocenters. The SMILES string of the molecule is O=[N+]([O-])c1ccc(S(=O)(=O)NC2(CO)CCNCC2)cc1. The zero-order valence-corrected chi connectivity index (χ0v) is 12.1. The predicted octanol–water partition coefficient (Wildman–Crippen LogP) is -0.0124. The van der Waals surface area contributed by atoms with Crippen LogP contribution in [0.4, 0.5) is 5.69 Å². The minimum Gasteiger partial charge on any atom is -0.394 e. The van der Waals surface area contributed by atoms with Gasteiger partial charge < -0.3 is 10.4 Å². The Labute approximate surface area is 122 Å². The number of hydrogen-bond donors (Lipinski definition) is 3. The molecule has 9 heteroatoms. The number of aliphatic hydroxyl groups excluding tert-OH is 1. The molecule has 3 N–H and O–H groups in total. The number of benzene rings is 1. The van der Waals surface area contributed by atoms with Gasteiger partial charge in [0, 0.05) is 12.1 Å². The van der Waals surface area contributed by atoms with Gasteiger partial charge in [-0.25, -0.2) is 13.1 Å². The fourth-order valence-corrected chi connectivity index (χ4v) is 3.74. The zero-order valence-electron chi connectivity index (χ0n) is 11.3. The number of sulfonamides is 1. The lowest BCUT2D eigenvalue weighted by molar-refractivity contribution is -0.384. The van der Waals surface area contributed by atoms with Gasteiger partial charge in [-0.1, -0.05) is 0 Å². The largest absolute Gasteiger partial charge is 0.394 e. The van der Waals surface area contributed by atoms with Gasteiger partial charge in [-0.2, -0.15) is 0 Å². The van der Waals surface area contributed by atoms with Crippen LogP contribution in [0.15, 0.2) is 29.2 Å². The quantitative estimate of drug-likeness (QED) is 0.519. The van der Waals surface area contributed by atoms with Crippen molar-refractivity contribution in [3.8, 4) is 0 Å². The lowest BCUT2D eigenvalue weighted by Crippen LogP contribution is -2.56. The maximum Gasteiger partial charge on any atom is 0.269 e. The van der Waals surface area contributed by atoms with Crippen LogP contribution in [0, 0.1) is 10.1 Å². The Hall–Kier alpha value is -1.55. The maximum atomic E-state index is 12.3. The van der Waals surface area contributed by atoms with Crippen molar-refractivity contribution in [2.75, 3.05) is 19.7 Å². The molecule has 0 unspecified atom stereocenters. The average molecular weight is 315 g/mol. The Balaban J connectivity index is 2.22. The third-order valence-corrected chi connectivity index (χ3v) is 5.17. The lowest BCUT2D eigenvalue weighted by atomic mass is 9.91. The van der Waals surface area contributed by atoms with E-state index in [1.807, 2.05) is 0 Å². The molecule has 0 amide bonds. The summed E-state index contributed by atoms with van der Waals surface area (Å²) in [5.74, 6) is 0. The molecule has 0 saturated carbocycles. The fourth-order valence-electron chi connectivity index (χ4n) is 2.29. The van der Waals surface area contributed by atoms with Crippen LogP contribution in [-0.2, 0) is 10.0 Å². The molecule has 1 heterocycles. The summed E-state index contributed by atoms with van der Waals surface area (Å²) in [6, 6.07) is 4.66. The molecule has 1 fully saturated rings. The first-order valence-electron chi connectivity index (χ1n) is 6.49. The van der Waals surface area contributed by atoms with Gasteiger partial charge >= 0.3 is 0 Å². The molecular weight excluding hydrogens is 298 g/mol. The second-order valence-corrected chi connectivity index (χ2v) is 6.73. The lowest BCUT2D eigenvalue weighted by Gasteiger charge is -2.36. The highest BCUT2D eigenvalue weighted by Crippen LogP contribution is 2.22. The summed E-state index contributed by atoms with van der Waals surface area (Å²) in [5, 5.41) is 23.2. The Morgan fingerprint density at radius 2 is 1.86 bits per heavy atom. The van der Waals surface area contributed by atoms with E-state index in [9.17, 15) is 23.6 Å². The van der Waals surface area contributed by atoms with E-state index >= 15 is 0 Å². The van der Waals surface area contributed by atoms with E-state index < -0.39 is 20.5 Å². The summed E-state index contributed by atoms with van der Waals surface area (Å²) < 4.78 is 27.2. The number of nitro groups is 1. The minimum atomic E-state index is -3.83. The molecule has 0 radical (unpaired) electrons. The molecule has 0 bridgehead atoms. The van der Waals surface area contributed by atoms with Crippen LogP contribution in [0.25, 0.3) is 0 Å². The first-order valence-corrected chi connectivity index (χ1v) is 7.97. The van der Waals surface area contributed by atoms with Gasteiger partial charge in [0.15, 0.2) is 0 Å². The number of hydrogen-bond acceptors (Lipinski definition) is 6. The molecule has 0 aromatic heterocycles. The second-order valence-electron chi connectivity index (χ2n) is 5.04. The van der Waals surface area contributed by atoms with E-state index in [-0.39, 0.29) is 17.2 Å². The molecule has 1 aromatic rings. The Morgan fingerprint density at radius 1 is 1.29 bits per heavy atom. The highest BCUT2D eigenvalue weighted by molar-refractivity contribution is 7.89. The van der Waals surface area contributed by atoms with E-state index in [0.29, 0.717) is 25.9 Å². The maximum absolute atomic E-state index is 12.3. The molecule has 8 nitrogen and oxygen atoms in total. The number of nitrogens with one attached hydrogen (secondary N) is 2. The summed E-state index contributed by atoms with van der Waals surface area (Å²) in [6.45, 7) is 0.938. The summed E-state index contributed by atoms with van der Waals surface area (Å²) in [7, 11) is -3.83. The van der Waals surface area contributed by atoms with Crippen LogP contribution in [0.2, 0.25) is 0 Å². The standard InChI is InChI=1S/C12H17N3O5S/c16-9-12(5-7-13-8-6-12)14-21(19,20)11-3-1-10(2-4-11)15(17)18/h1-4,13-14,16H,5-9H2. The van der Waals surface area contributed by atoms with Crippen molar-refractivity contribution >= 4 is 15.7 Å². The third kappa shape index (κ3) is 3.56. The predicted molar refractivity (Wildman–Crippen MR) is 75.3 cm³/mol. The molecule has 1 aliphatic heterocycles. The van der Waals surface area contributed by atoms with Crippen molar-refractivity contribution in [2.45, 2.75) is 23.3 Å². The second kappa shape index (κ2) is 6.06. The fraction of sp³-hybridized carbons (Fsp3) is 0.500. The molecule has 0 spiro atoms. The van der Waals surface area contributed by atoms with Crippen molar-refractivity contribution in [3.63, 3.8) is 0 Å². The molecule has 1 aliphatic rings. The van der Waals surface area contributed by atoms with Crippen LogP contribution in [-0.4, -0.2) is 43.7 Å². The number of nitrogens with zero attached hydrogens (tertiary/aromatic N) is 1. The van der Waals surface area contributed by atoms with Crippen molar-refractivity contribution in [3.05, 3.63) is 34.4 Å². The van der Waals surface area contributed by atoms with Crippen LogP contribution in [0.5, 0.6) is 0 Å². The number of non-ortho nitro benzene ring substituents is 1. The average Bonchev–Trinajstić information content (AvgIpc) is 2.48. The topological polar surface area (TPSA) is 122 Å². The summed E-state index contributed by atoms with van der Waals surface area (Å²) in [4.78, 5) is 9.93. The molecule has 1 aromatic carbocycles. The van der Waals surface area contributed by atoms with E-state index in [1.54, 1.807) is 0 Å². The van der Waals surface area contributed by atoms with Crippen molar-refractivity contribution < 1.29 is 18.4 Å². The summed E-state index contributed by atoms with van der Waals surface area (Å²) in [5.41, 5.74) is -1.06. The summed E-state index contributed by atoms with van der Waals surface area (Å²) >= 11 is 0. The number of rotatable bonds is 5. The van der Waals surface area contributed by atoms with Crippen LogP contribution >= 0.6 is 0 Å². The highest BCUT2D eigenvalue weighted by atomic mass is 32.2. The number of aliphatic hydroxyl groups is 1. The van der Waals surface area contributed by atoms with Crippen LogP contribution < -0.4 is 10.0 Å². The monoisotopic (exact) mass is 315 g/mol. The molecular formula is C12H17N3O5S. The zero-order chi connectivity index (χ0) is 15.5. The smallest absolute Gasteiger partial charge is 0.269 e. The van der Waals surface area contributed by atoms with Gasteiger partial charge in [-0.3, -0.25) is 10.1 Å². The van der Waals surface area contributed by atoms with Crippen molar-refractivity contribution in [1.82, 2.24) is 10.0 Å². The van der Waals surface area contributed by atoms with E-state index in [1.165, 1.54) is 12.1 Å². The summed E-state index contributed by atoms with van der Waals surface area (Å²) in [6.07, 6.45) is 0.964. The normalized spacial score (nSPS) is 18.3. The first kappa shape index (κ1) is 15.8. The van der Waals surface area contributed by atoms with Gasteiger partial charge in [-0.15, -0.1) is 0 Å². The highest BCUT2D eigenvalue weighted by Gasteiger charge is 2.36. The van der Waals surface area contributed by atoms with Crippen LogP contribution in [0.3, 0.4) is 0 Å². The molecule has 2 rings (SSSR count). The molecule has 1 saturated heterocycles. The van der Waals surface area contributed by atoms with Gasteiger partial charge in [-0.05, 0) is 38.1 Å². The molecule has 21 heavy (non-hydrogen) atoms. The minimum absolute atomic E-state index is 0.0561. The van der Waals surface area contributed by atoms with E-state index in [0.717, 1.165) is 12.1 Å². The van der Waals surface area contributed by atoms with Crippen molar-refractivity contribution in [2.24, 2.45) is 0 Å². The first-order chi connectivity index (χ1) is 9.88.